The Kier molecular flexibility index (Phi) is 5.88. The highest BCUT2D eigenvalue weighted by Gasteiger charge is 2.37. The first kappa shape index (κ1) is 19.9. The molecule has 1 atom stereocenters. The van der Waals surface area contributed by atoms with Crippen LogP contribution in [0.1, 0.15) is 43.2 Å². The molecule has 3 fully saturated rings. The summed E-state index contributed by atoms with van der Waals surface area (Å²) in [6.45, 7) is 4.81. The summed E-state index contributed by atoms with van der Waals surface area (Å²) < 4.78 is 0. The van der Waals surface area contributed by atoms with Gasteiger partial charge in [0, 0.05) is 38.6 Å². The van der Waals surface area contributed by atoms with Gasteiger partial charge in [-0.3, -0.25) is 14.4 Å². The molecule has 0 bridgehead atoms. The molecule has 3 amide bonds. The maximum Gasteiger partial charge on any atom is 0.226 e. The first-order valence-electron chi connectivity index (χ1n) is 10.9. The van der Waals surface area contributed by atoms with Gasteiger partial charge < -0.3 is 15.1 Å². The molecule has 1 saturated carbocycles. The number of carbonyl (C=O) groups is 3. The Hall–Kier alpha value is -2.37. The summed E-state index contributed by atoms with van der Waals surface area (Å²) in [5, 5.41) is 3.02. The van der Waals surface area contributed by atoms with E-state index in [2.05, 4.69) is 5.32 Å². The van der Waals surface area contributed by atoms with Crippen molar-refractivity contribution in [1.82, 2.24) is 15.1 Å². The largest absolute Gasteiger partial charge is 0.353 e. The van der Waals surface area contributed by atoms with Crippen LogP contribution in [0.15, 0.2) is 24.3 Å². The van der Waals surface area contributed by atoms with E-state index in [0.29, 0.717) is 37.9 Å². The monoisotopic (exact) mass is 397 g/mol. The Morgan fingerprint density at radius 1 is 1.10 bits per heavy atom. The predicted molar refractivity (Wildman–Crippen MR) is 110 cm³/mol. The van der Waals surface area contributed by atoms with Crippen LogP contribution in [-0.2, 0) is 20.8 Å². The lowest BCUT2D eigenvalue weighted by Gasteiger charge is -2.34. The van der Waals surface area contributed by atoms with E-state index in [1.165, 1.54) is 0 Å². The zero-order valence-electron chi connectivity index (χ0n) is 17.2. The maximum atomic E-state index is 12.7. The van der Waals surface area contributed by atoms with Gasteiger partial charge in [-0.1, -0.05) is 24.3 Å². The average Bonchev–Trinajstić information content (AvgIpc) is 3.45. The third-order valence-corrected chi connectivity index (χ3v) is 6.56. The fourth-order valence-electron chi connectivity index (χ4n) is 4.43. The Balaban J connectivity index is 1.22. The lowest BCUT2D eigenvalue weighted by molar-refractivity contribution is -0.133. The number of carbonyl (C=O) groups excluding carboxylic acids is 3. The van der Waals surface area contributed by atoms with Crippen molar-refractivity contribution in [3.8, 4) is 0 Å². The third kappa shape index (κ3) is 4.98. The van der Waals surface area contributed by atoms with Crippen LogP contribution in [0.3, 0.4) is 0 Å². The number of nitrogens with one attached hydrogen (secondary N) is 1. The lowest BCUT2D eigenvalue weighted by atomic mass is 9.95. The van der Waals surface area contributed by atoms with Crippen LogP contribution in [0.25, 0.3) is 0 Å². The Bertz CT molecular complexity index is 781. The Morgan fingerprint density at radius 2 is 1.83 bits per heavy atom. The second-order valence-corrected chi connectivity index (χ2v) is 8.91. The topological polar surface area (TPSA) is 69.7 Å². The van der Waals surface area contributed by atoms with Gasteiger partial charge in [0.1, 0.15) is 0 Å². The number of piperidine rings is 1. The van der Waals surface area contributed by atoms with Crippen molar-refractivity contribution in [1.29, 1.82) is 0 Å². The van der Waals surface area contributed by atoms with Gasteiger partial charge in [0.2, 0.25) is 17.7 Å². The third-order valence-electron chi connectivity index (χ3n) is 6.56. The second-order valence-electron chi connectivity index (χ2n) is 8.91. The quantitative estimate of drug-likeness (QED) is 0.797. The normalized spacial score (nSPS) is 22.8. The van der Waals surface area contributed by atoms with Crippen molar-refractivity contribution in [2.24, 2.45) is 11.8 Å². The van der Waals surface area contributed by atoms with E-state index in [9.17, 15) is 14.4 Å². The molecule has 1 aromatic carbocycles. The number of hydrogen-bond acceptors (Lipinski definition) is 3. The highest BCUT2D eigenvalue weighted by atomic mass is 16.2. The summed E-state index contributed by atoms with van der Waals surface area (Å²) >= 11 is 0. The molecule has 0 spiro atoms. The predicted octanol–water partition coefficient (Wildman–Crippen LogP) is 1.90. The van der Waals surface area contributed by atoms with E-state index in [0.717, 1.165) is 49.9 Å². The smallest absolute Gasteiger partial charge is 0.226 e. The summed E-state index contributed by atoms with van der Waals surface area (Å²) in [5.74, 6) is 0.538. The summed E-state index contributed by atoms with van der Waals surface area (Å²) in [7, 11) is 0. The Morgan fingerprint density at radius 3 is 2.52 bits per heavy atom. The molecule has 6 nitrogen and oxygen atoms in total. The average molecular weight is 398 g/mol. The molecule has 29 heavy (non-hydrogen) atoms. The highest BCUT2D eigenvalue weighted by molar-refractivity contribution is 5.89. The Labute approximate surface area is 172 Å². The number of benzene rings is 1. The minimum atomic E-state index is -0.195. The van der Waals surface area contributed by atoms with Gasteiger partial charge in [-0.25, -0.2) is 0 Å². The highest BCUT2D eigenvalue weighted by Crippen LogP contribution is 2.26. The van der Waals surface area contributed by atoms with Gasteiger partial charge in [0.05, 0.1) is 12.3 Å². The van der Waals surface area contributed by atoms with Gasteiger partial charge in [0.15, 0.2) is 0 Å². The minimum Gasteiger partial charge on any atom is -0.353 e. The minimum absolute atomic E-state index is 0.0416. The summed E-state index contributed by atoms with van der Waals surface area (Å²) in [4.78, 5) is 41.1. The van der Waals surface area contributed by atoms with Crippen LogP contribution < -0.4 is 5.32 Å². The van der Waals surface area contributed by atoms with Crippen molar-refractivity contribution in [3.63, 3.8) is 0 Å². The molecule has 1 unspecified atom stereocenters. The van der Waals surface area contributed by atoms with Gasteiger partial charge in [-0.15, -0.1) is 0 Å². The zero-order valence-corrected chi connectivity index (χ0v) is 17.2. The first-order chi connectivity index (χ1) is 14.0. The molecule has 156 valence electrons. The number of amides is 3. The molecule has 2 heterocycles. The zero-order chi connectivity index (χ0) is 20.4. The van der Waals surface area contributed by atoms with E-state index in [1.807, 2.05) is 41.0 Å². The van der Waals surface area contributed by atoms with Gasteiger partial charge in [-0.2, -0.15) is 0 Å². The van der Waals surface area contributed by atoms with Crippen LogP contribution in [-0.4, -0.2) is 59.7 Å². The second kappa shape index (κ2) is 8.56. The van der Waals surface area contributed by atoms with Crippen LogP contribution in [0.2, 0.25) is 0 Å². The van der Waals surface area contributed by atoms with Crippen LogP contribution >= 0.6 is 0 Å². The molecule has 0 aromatic heterocycles. The van der Waals surface area contributed by atoms with Gasteiger partial charge in [0.25, 0.3) is 0 Å². The van der Waals surface area contributed by atoms with E-state index in [4.69, 9.17) is 0 Å². The lowest BCUT2D eigenvalue weighted by Crippen LogP contribution is -2.42. The molecular weight excluding hydrogens is 366 g/mol. The SMILES string of the molecule is Cc1ccccc1CC(=O)N1CCC(CN2CC(C(=O)NC3CC3)CC2=O)CC1. The van der Waals surface area contributed by atoms with Crippen molar-refractivity contribution >= 4 is 17.7 Å². The molecule has 1 N–H and O–H groups in total. The fourth-order valence-corrected chi connectivity index (χ4v) is 4.43. The van der Waals surface area contributed by atoms with E-state index in [1.54, 1.807) is 0 Å². The molecule has 4 rings (SSSR count). The van der Waals surface area contributed by atoms with Gasteiger partial charge >= 0.3 is 0 Å². The molecule has 0 radical (unpaired) electrons. The maximum absolute atomic E-state index is 12.7. The standard InChI is InChI=1S/C23H31N3O3/c1-16-4-2-3-5-18(16)12-21(27)25-10-8-17(9-11-25)14-26-15-19(13-22(26)28)23(29)24-20-6-7-20/h2-5,17,19-20H,6-15H2,1H3,(H,24,29). The van der Waals surface area contributed by atoms with Crippen LogP contribution in [0, 0.1) is 18.8 Å². The molecule has 1 aromatic rings. The molecule has 1 aliphatic carbocycles. The molecule has 2 aliphatic heterocycles. The van der Waals surface area contributed by atoms with Crippen molar-refractivity contribution in [2.75, 3.05) is 26.2 Å². The molecule has 6 heteroatoms. The van der Waals surface area contributed by atoms with E-state index < -0.39 is 0 Å². The number of aryl methyl sites for hydroxylation is 1. The summed E-state index contributed by atoms with van der Waals surface area (Å²) in [6, 6.07) is 8.38. The van der Waals surface area contributed by atoms with E-state index in [-0.39, 0.29) is 23.6 Å². The first-order valence-corrected chi connectivity index (χ1v) is 10.9. The van der Waals surface area contributed by atoms with Crippen LogP contribution in [0.5, 0.6) is 0 Å². The van der Waals surface area contributed by atoms with Crippen LogP contribution in [0.4, 0.5) is 0 Å². The van der Waals surface area contributed by atoms with Crippen molar-refractivity contribution in [2.45, 2.75) is 51.5 Å². The fraction of sp³-hybridized carbons (Fsp3) is 0.609. The van der Waals surface area contributed by atoms with Crippen molar-refractivity contribution in [3.05, 3.63) is 35.4 Å². The molecule has 3 aliphatic rings. The number of nitrogens with zero attached hydrogens (tertiary/aromatic N) is 2. The van der Waals surface area contributed by atoms with Crippen molar-refractivity contribution < 1.29 is 14.4 Å². The number of hydrogen-bond donors (Lipinski definition) is 1. The van der Waals surface area contributed by atoms with Gasteiger partial charge in [-0.05, 0) is 49.7 Å². The molecular formula is C23H31N3O3. The molecule has 2 saturated heterocycles. The summed E-state index contributed by atoms with van der Waals surface area (Å²) in [5.41, 5.74) is 2.25. The van der Waals surface area contributed by atoms with E-state index >= 15 is 0 Å². The number of likely N-dealkylation sites (tertiary alicyclic amines) is 2. The summed E-state index contributed by atoms with van der Waals surface area (Å²) in [6.07, 6.45) is 4.77. The number of rotatable bonds is 6.